The monoisotopic (exact) mass is 618 g/mol. The van der Waals surface area contributed by atoms with Crippen molar-refractivity contribution in [2.24, 2.45) is 0 Å². The normalized spacial score (nSPS) is 35.5. The minimum Gasteiger partial charge on any atom is -0.469 e. The first kappa shape index (κ1) is 33.8. The van der Waals surface area contributed by atoms with E-state index in [0.717, 1.165) is 0 Å². The van der Waals surface area contributed by atoms with E-state index in [1.54, 1.807) is 48.5 Å². The van der Waals surface area contributed by atoms with E-state index in [2.05, 4.69) is 10.6 Å². The smallest absolute Gasteiger partial charge is 0.407 e. The number of hydrogen-bond donors (Lipinski definition) is 2. The molecule has 0 saturated carbocycles. The van der Waals surface area contributed by atoms with Gasteiger partial charge in [-0.3, -0.25) is 9.59 Å². The Labute approximate surface area is 251 Å². The summed E-state index contributed by atoms with van der Waals surface area (Å²) in [6.07, 6.45) is -6.96. The molecule has 4 aliphatic rings. The van der Waals surface area contributed by atoms with Crippen LogP contribution in [-0.2, 0) is 57.0 Å². The van der Waals surface area contributed by atoms with Crippen LogP contribution in [0.5, 0.6) is 0 Å². The fraction of sp³-hybridized carbons (Fsp3) is 0.893. The Kier molecular flexibility index (Phi) is 9.99. The van der Waals surface area contributed by atoms with Gasteiger partial charge in [-0.05, 0) is 48.5 Å². The van der Waals surface area contributed by atoms with E-state index in [1.807, 2.05) is 0 Å². The van der Waals surface area contributed by atoms with Crippen molar-refractivity contribution in [1.82, 2.24) is 10.6 Å². The molecule has 2 unspecified atom stereocenters. The molecule has 2 amide bonds. The molecule has 246 valence electrons. The summed E-state index contributed by atoms with van der Waals surface area (Å²) in [5, 5.41) is 5.61. The molecule has 0 aromatic heterocycles. The average molecular weight is 619 g/mol. The molecule has 4 fully saturated rings. The molecule has 4 saturated heterocycles. The molecule has 10 atom stereocenters. The van der Waals surface area contributed by atoms with Crippen molar-refractivity contribution >= 4 is 18.0 Å². The molecule has 15 nitrogen and oxygen atoms in total. The van der Waals surface area contributed by atoms with Gasteiger partial charge in [-0.25, -0.2) is 4.79 Å². The van der Waals surface area contributed by atoms with E-state index in [4.69, 9.17) is 47.4 Å². The number of amides is 2. The van der Waals surface area contributed by atoms with Gasteiger partial charge >= 0.3 is 12.1 Å². The number of methoxy groups -OCH3 is 3. The average Bonchev–Trinajstić information content (AvgIpc) is 3.55. The predicted octanol–water partition coefficient (Wildman–Crippen LogP) is 1.10. The number of fused-ring (bicyclic) bond motifs is 2. The van der Waals surface area contributed by atoms with Gasteiger partial charge in [-0.1, -0.05) is 0 Å². The second-order valence-corrected chi connectivity index (χ2v) is 13.0. The van der Waals surface area contributed by atoms with Gasteiger partial charge in [0.15, 0.2) is 24.2 Å². The Morgan fingerprint density at radius 1 is 0.744 bits per heavy atom. The fourth-order valence-corrected chi connectivity index (χ4v) is 5.88. The molecule has 0 spiro atoms. The highest BCUT2D eigenvalue weighted by Crippen LogP contribution is 2.41. The highest BCUT2D eigenvalue weighted by molar-refractivity contribution is 5.79. The summed E-state index contributed by atoms with van der Waals surface area (Å²) in [6.45, 7) is 12.2. The molecule has 4 rings (SSSR count). The second kappa shape index (κ2) is 12.7. The van der Waals surface area contributed by atoms with E-state index in [0.29, 0.717) is 0 Å². The summed E-state index contributed by atoms with van der Waals surface area (Å²) in [4.78, 5) is 38.9. The molecule has 4 heterocycles. The molecule has 0 aromatic carbocycles. The number of carbonyl (C=O) groups excluding carboxylic acids is 3. The minimum atomic E-state index is -0.936. The van der Waals surface area contributed by atoms with Gasteiger partial charge in [0.1, 0.15) is 42.2 Å². The third-order valence-corrected chi connectivity index (χ3v) is 7.46. The van der Waals surface area contributed by atoms with E-state index in [9.17, 15) is 14.4 Å². The quantitative estimate of drug-likeness (QED) is 0.334. The third-order valence-electron chi connectivity index (χ3n) is 7.46. The number of ether oxygens (including phenoxy) is 10. The summed E-state index contributed by atoms with van der Waals surface area (Å²) in [7, 11) is 4.22. The number of nitrogens with one attached hydrogen (secondary N) is 2. The largest absolute Gasteiger partial charge is 0.469 e. The molecule has 0 radical (unpaired) electrons. The highest BCUT2D eigenvalue weighted by Gasteiger charge is 2.59. The van der Waals surface area contributed by atoms with Crippen LogP contribution >= 0.6 is 0 Å². The van der Waals surface area contributed by atoms with Crippen molar-refractivity contribution in [2.75, 3.05) is 21.3 Å². The number of esters is 1. The van der Waals surface area contributed by atoms with E-state index in [-0.39, 0.29) is 12.8 Å². The zero-order chi connectivity index (χ0) is 31.9. The lowest BCUT2D eigenvalue weighted by molar-refractivity contribution is -0.220. The second-order valence-electron chi connectivity index (χ2n) is 13.0. The van der Waals surface area contributed by atoms with Crippen molar-refractivity contribution in [3.63, 3.8) is 0 Å². The van der Waals surface area contributed by atoms with Crippen LogP contribution in [0.25, 0.3) is 0 Å². The van der Waals surface area contributed by atoms with E-state index < -0.39 is 96.4 Å². The van der Waals surface area contributed by atoms with Crippen LogP contribution < -0.4 is 10.6 Å². The lowest BCUT2D eigenvalue weighted by Crippen LogP contribution is -2.55. The molecule has 0 bridgehead atoms. The maximum atomic E-state index is 13.6. The molecule has 4 aliphatic heterocycles. The lowest BCUT2D eigenvalue weighted by Gasteiger charge is -2.33. The summed E-state index contributed by atoms with van der Waals surface area (Å²) in [5.41, 5.74) is -0.793. The number of alkyl carbamates (subject to hydrolysis) is 1. The molecular formula is C28H46N2O13. The van der Waals surface area contributed by atoms with Gasteiger partial charge < -0.3 is 58.0 Å². The molecule has 15 heteroatoms. The molecule has 0 aromatic rings. The molecule has 0 aliphatic carbocycles. The van der Waals surface area contributed by atoms with Gasteiger partial charge in [0.25, 0.3) is 0 Å². The maximum Gasteiger partial charge on any atom is 0.407 e. The van der Waals surface area contributed by atoms with E-state index in [1.165, 1.54) is 21.3 Å². The van der Waals surface area contributed by atoms with Gasteiger partial charge in [-0.15, -0.1) is 0 Å². The first-order valence-electron chi connectivity index (χ1n) is 14.4. The maximum absolute atomic E-state index is 13.6. The van der Waals surface area contributed by atoms with Crippen molar-refractivity contribution in [1.29, 1.82) is 0 Å². The van der Waals surface area contributed by atoms with Gasteiger partial charge in [0.05, 0.1) is 25.6 Å². The lowest BCUT2D eigenvalue weighted by atomic mass is 9.98. The van der Waals surface area contributed by atoms with Gasteiger partial charge in [0.2, 0.25) is 5.91 Å². The van der Waals surface area contributed by atoms with Crippen LogP contribution in [0.4, 0.5) is 4.79 Å². The summed E-state index contributed by atoms with van der Waals surface area (Å²) >= 11 is 0. The number of carbonyl (C=O) groups is 3. The van der Waals surface area contributed by atoms with Crippen molar-refractivity contribution in [2.45, 2.75) is 140 Å². The van der Waals surface area contributed by atoms with E-state index >= 15 is 0 Å². The summed E-state index contributed by atoms with van der Waals surface area (Å²) in [6, 6.07) is -1.82. The topological polar surface area (TPSA) is 168 Å². The summed E-state index contributed by atoms with van der Waals surface area (Å²) in [5.74, 6) is -2.89. The minimum absolute atomic E-state index is 0.221. The SMILES string of the molecule is COC(=O)CC(NC(=O)CC(NC(=O)OC(C)(C)C)[C@@H]1O[C@@H]2OC(C)(C)O[C@@H]2[C@H]1OC)[C@H]1O[C@@H]2OC(C)(C)O[C@@H]2[C@H]1OC. The standard InChI is InChI=1S/C28H46N2O13/c1-26(2,3)43-25(33)30-13(17-19(35-9)21-23(37-17)41-27(4,5)39-21)11-15(31)29-14(12-16(32)34-8)18-20(36-10)22-24(38-18)42-28(6,7)40-22/h13-14,17-24H,11-12H2,1-10H3,(H,29,31)(H,30,33)/t13?,14?,17-,18+,19-,20-,21+,22+,23+,24+/m0/s1. The van der Waals surface area contributed by atoms with Crippen LogP contribution in [-0.4, -0.2) is 118 Å². The predicted molar refractivity (Wildman–Crippen MR) is 145 cm³/mol. The Morgan fingerprint density at radius 2 is 1.21 bits per heavy atom. The first-order chi connectivity index (χ1) is 20.0. The first-order valence-corrected chi connectivity index (χ1v) is 14.4. The Balaban J connectivity index is 1.52. The molecule has 43 heavy (non-hydrogen) atoms. The van der Waals surface area contributed by atoms with Crippen molar-refractivity contribution in [3.05, 3.63) is 0 Å². The van der Waals surface area contributed by atoms with Crippen molar-refractivity contribution < 1.29 is 61.8 Å². The van der Waals surface area contributed by atoms with Crippen molar-refractivity contribution in [3.8, 4) is 0 Å². The Morgan fingerprint density at radius 3 is 1.63 bits per heavy atom. The molecular weight excluding hydrogens is 572 g/mol. The number of rotatable bonds is 10. The van der Waals surface area contributed by atoms with Gasteiger partial charge in [0, 0.05) is 20.6 Å². The van der Waals surface area contributed by atoms with Gasteiger partial charge in [-0.2, -0.15) is 0 Å². The number of hydrogen-bond acceptors (Lipinski definition) is 13. The fourth-order valence-electron chi connectivity index (χ4n) is 5.88. The van der Waals surface area contributed by atoms with Crippen LogP contribution in [0.1, 0.15) is 61.3 Å². The summed E-state index contributed by atoms with van der Waals surface area (Å²) < 4.78 is 57.6. The zero-order valence-electron chi connectivity index (χ0n) is 26.5. The Hall–Kier alpha value is -2.11. The molecule has 2 N–H and O–H groups in total. The van der Waals surface area contributed by atoms with Crippen LogP contribution in [0, 0.1) is 0 Å². The Bertz CT molecular complexity index is 1030. The van der Waals surface area contributed by atoms with Crippen LogP contribution in [0.15, 0.2) is 0 Å². The highest BCUT2D eigenvalue weighted by atomic mass is 16.9. The van der Waals surface area contributed by atoms with Crippen LogP contribution in [0.2, 0.25) is 0 Å². The van der Waals surface area contributed by atoms with Crippen LogP contribution in [0.3, 0.4) is 0 Å². The third kappa shape index (κ3) is 7.95. The zero-order valence-corrected chi connectivity index (χ0v) is 26.5.